The Labute approximate surface area is 325 Å². The van der Waals surface area contributed by atoms with Crippen LogP contribution >= 0.6 is 0 Å². The van der Waals surface area contributed by atoms with Crippen LogP contribution in [0.5, 0.6) is 0 Å². The molecule has 0 saturated heterocycles. The molecule has 1 heteroatoms. The standard InChI is InChI=1S/C55H36O/c1-55(2)48-31-30-33(32-47(48)52-39-21-7-3-16-34(39)35-17-5-12-26-44(35)53(52)55)50-40-22-8-10-24-42(40)51(43-25-11-9-23-41(43)50)38-20-6-4-18-36(38)45-27-15-28-46-37-19-13-14-29-49(37)56-54(45)46/h3-32H,1-2H3. The van der Waals surface area contributed by atoms with E-state index in [-0.39, 0.29) is 5.41 Å². The summed E-state index contributed by atoms with van der Waals surface area (Å²) in [4.78, 5) is 0. The molecule has 1 aromatic heterocycles. The molecule has 0 aliphatic heterocycles. The summed E-state index contributed by atoms with van der Waals surface area (Å²) in [5.74, 6) is 0. The zero-order valence-electron chi connectivity index (χ0n) is 31.2. The molecule has 0 amide bonds. The number of benzene rings is 10. The normalized spacial score (nSPS) is 13.3. The fourth-order valence-corrected chi connectivity index (χ4v) is 10.3. The SMILES string of the molecule is CC1(C)c2ccc(-c3c4ccccc4c(-c4ccccc4-c4cccc5c4oc4ccccc45)c4ccccc34)cc2-c2c1c1ccccc1c1ccccc21. The van der Waals surface area contributed by atoms with Gasteiger partial charge in [0.15, 0.2) is 0 Å². The zero-order valence-corrected chi connectivity index (χ0v) is 31.2. The van der Waals surface area contributed by atoms with Gasteiger partial charge in [-0.1, -0.05) is 184 Å². The van der Waals surface area contributed by atoms with Crippen LogP contribution in [0.15, 0.2) is 186 Å². The lowest BCUT2D eigenvalue weighted by Gasteiger charge is -2.24. The first kappa shape index (κ1) is 31.4. The highest BCUT2D eigenvalue weighted by molar-refractivity contribution is 6.24. The molecule has 0 saturated carbocycles. The van der Waals surface area contributed by atoms with Gasteiger partial charge in [0.05, 0.1) is 0 Å². The number of hydrogen-bond donors (Lipinski definition) is 0. The van der Waals surface area contributed by atoms with Crippen LogP contribution in [-0.2, 0) is 5.41 Å². The Kier molecular flexibility index (Phi) is 6.46. The summed E-state index contributed by atoms with van der Waals surface area (Å²) in [6.45, 7) is 4.81. The van der Waals surface area contributed by atoms with Gasteiger partial charge in [-0.2, -0.15) is 0 Å². The average Bonchev–Trinajstić information content (AvgIpc) is 3.75. The summed E-state index contributed by atoms with van der Waals surface area (Å²) >= 11 is 0. The molecule has 0 fully saturated rings. The van der Waals surface area contributed by atoms with Gasteiger partial charge in [-0.15, -0.1) is 0 Å². The molecule has 56 heavy (non-hydrogen) atoms. The summed E-state index contributed by atoms with van der Waals surface area (Å²) < 4.78 is 6.61. The number of rotatable bonds is 3. The Morgan fingerprint density at radius 1 is 0.339 bits per heavy atom. The molecule has 10 aromatic carbocycles. The maximum Gasteiger partial charge on any atom is 0.143 e. The molecule has 1 aliphatic carbocycles. The van der Waals surface area contributed by atoms with Crippen LogP contribution in [0.25, 0.3) is 110 Å². The highest BCUT2D eigenvalue weighted by atomic mass is 16.3. The quantitative estimate of drug-likeness (QED) is 0.131. The van der Waals surface area contributed by atoms with Crippen LogP contribution in [0.2, 0.25) is 0 Å². The van der Waals surface area contributed by atoms with E-state index in [1.807, 2.05) is 6.07 Å². The molecule has 0 radical (unpaired) electrons. The fourth-order valence-electron chi connectivity index (χ4n) is 10.3. The highest BCUT2D eigenvalue weighted by Crippen LogP contribution is 2.56. The molecule has 11 aromatic rings. The van der Waals surface area contributed by atoms with E-state index in [0.717, 1.165) is 33.1 Å². The van der Waals surface area contributed by atoms with E-state index in [1.165, 1.54) is 87.6 Å². The highest BCUT2D eigenvalue weighted by Gasteiger charge is 2.38. The molecule has 1 heterocycles. The van der Waals surface area contributed by atoms with E-state index >= 15 is 0 Å². The van der Waals surface area contributed by atoms with E-state index in [0.29, 0.717) is 0 Å². The van der Waals surface area contributed by atoms with E-state index in [2.05, 4.69) is 190 Å². The second-order valence-electron chi connectivity index (χ2n) is 15.9. The predicted molar refractivity (Wildman–Crippen MR) is 238 cm³/mol. The maximum atomic E-state index is 6.61. The molecule has 0 spiro atoms. The van der Waals surface area contributed by atoms with Crippen LogP contribution in [0.4, 0.5) is 0 Å². The number of fused-ring (bicyclic) bond motifs is 13. The molecule has 0 unspecified atom stereocenters. The minimum absolute atomic E-state index is 0.146. The first-order chi connectivity index (χ1) is 27.6. The smallest absolute Gasteiger partial charge is 0.143 e. The number of para-hydroxylation sites is 2. The average molecular weight is 713 g/mol. The second kappa shape index (κ2) is 11.5. The molecular formula is C55H36O. The predicted octanol–water partition coefficient (Wildman–Crippen LogP) is 15.5. The summed E-state index contributed by atoms with van der Waals surface area (Å²) in [7, 11) is 0. The molecule has 1 nitrogen and oxygen atoms in total. The summed E-state index contributed by atoms with van der Waals surface area (Å²) in [5.41, 5.74) is 14.4. The summed E-state index contributed by atoms with van der Waals surface area (Å²) in [6, 6.07) is 67.0. The van der Waals surface area contributed by atoms with Crippen LogP contribution in [0.1, 0.15) is 25.0 Å². The van der Waals surface area contributed by atoms with Crippen molar-refractivity contribution in [3.05, 3.63) is 193 Å². The van der Waals surface area contributed by atoms with E-state index in [1.54, 1.807) is 0 Å². The van der Waals surface area contributed by atoms with Crippen LogP contribution in [0, 0.1) is 0 Å². The minimum atomic E-state index is -0.146. The van der Waals surface area contributed by atoms with Crippen molar-refractivity contribution in [2.75, 3.05) is 0 Å². The molecule has 262 valence electrons. The monoisotopic (exact) mass is 712 g/mol. The van der Waals surface area contributed by atoms with Crippen LogP contribution in [-0.4, -0.2) is 0 Å². The van der Waals surface area contributed by atoms with Crippen molar-refractivity contribution in [3.63, 3.8) is 0 Å². The molecule has 0 N–H and O–H groups in total. The van der Waals surface area contributed by atoms with Gasteiger partial charge in [-0.05, 0) is 105 Å². The Bertz CT molecular complexity index is 3390. The fraction of sp³-hybridized carbons (Fsp3) is 0.0545. The van der Waals surface area contributed by atoms with Crippen LogP contribution in [0.3, 0.4) is 0 Å². The third-order valence-corrected chi connectivity index (χ3v) is 12.6. The first-order valence-electron chi connectivity index (χ1n) is 19.6. The van der Waals surface area contributed by atoms with E-state index in [4.69, 9.17) is 4.42 Å². The van der Waals surface area contributed by atoms with Gasteiger partial charge >= 0.3 is 0 Å². The van der Waals surface area contributed by atoms with Crippen molar-refractivity contribution in [1.82, 2.24) is 0 Å². The van der Waals surface area contributed by atoms with Gasteiger partial charge in [0.1, 0.15) is 11.2 Å². The van der Waals surface area contributed by atoms with Gasteiger partial charge in [0.25, 0.3) is 0 Å². The summed E-state index contributed by atoms with van der Waals surface area (Å²) in [5, 5.41) is 12.6. The molecule has 1 aliphatic rings. The molecular weight excluding hydrogens is 677 g/mol. The lowest BCUT2D eigenvalue weighted by molar-refractivity contribution is 0.666. The lowest BCUT2D eigenvalue weighted by atomic mass is 9.79. The van der Waals surface area contributed by atoms with Crippen molar-refractivity contribution >= 4 is 65.0 Å². The van der Waals surface area contributed by atoms with Gasteiger partial charge < -0.3 is 4.42 Å². The van der Waals surface area contributed by atoms with Gasteiger partial charge in [-0.3, -0.25) is 0 Å². The summed E-state index contributed by atoms with van der Waals surface area (Å²) in [6.07, 6.45) is 0. The molecule has 0 bridgehead atoms. The first-order valence-corrected chi connectivity index (χ1v) is 19.6. The topological polar surface area (TPSA) is 13.1 Å². The van der Waals surface area contributed by atoms with Gasteiger partial charge in [-0.25, -0.2) is 0 Å². The Balaban J connectivity index is 1.14. The maximum absolute atomic E-state index is 6.61. The third-order valence-electron chi connectivity index (χ3n) is 12.6. The van der Waals surface area contributed by atoms with Crippen molar-refractivity contribution in [1.29, 1.82) is 0 Å². The number of hydrogen-bond acceptors (Lipinski definition) is 1. The van der Waals surface area contributed by atoms with E-state index in [9.17, 15) is 0 Å². The van der Waals surface area contributed by atoms with E-state index < -0.39 is 0 Å². The minimum Gasteiger partial charge on any atom is -0.455 e. The van der Waals surface area contributed by atoms with Gasteiger partial charge in [0.2, 0.25) is 0 Å². The number of furan rings is 1. The van der Waals surface area contributed by atoms with Crippen molar-refractivity contribution in [2.45, 2.75) is 19.3 Å². The van der Waals surface area contributed by atoms with Gasteiger partial charge in [0, 0.05) is 21.8 Å². The largest absolute Gasteiger partial charge is 0.455 e. The van der Waals surface area contributed by atoms with Crippen molar-refractivity contribution in [3.8, 4) is 44.5 Å². The Morgan fingerprint density at radius 2 is 0.821 bits per heavy atom. The van der Waals surface area contributed by atoms with Crippen LogP contribution < -0.4 is 0 Å². The Morgan fingerprint density at radius 3 is 1.50 bits per heavy atom. The third kappa shape index (κ3) is 4.20. The lowest BCUT2D eigenvalue weighted by Crippen LogP contribution is -2.15. The zero-order chi connectivity index (χ0) is 37.1. The Hall–Kier alpha value is -6.96. The molecule has 12 rings (SSSR count). The second-order valence-corrected chi connectivity index (χ2v) is 15.9. The van der Waals surface area contributed by atoms with Crippen molar-refractivity contribution in [2.24, 2.45) is 0 Å². The van der Waals surface area contributed by atoms with Crippen molar-refractivity contribution < 1.29 is 4.42 Å². The molecule has 0 atom stereocenters.